The molecule has 5 nitrogen and oxygen atoms in total. The topological polar surface area (TPSA) is 49.8 Å². The van der Waals surface area contributed by atoms with Gasteiger partial charge in [-0.1, -0.05) is 18.2 Å². The molecule has 0 fully saturated rings. The maximum atomic E-state index is 5.74. The van der Waals surface area contributed by atoms with E-state index in [1.807, 2.05) is 30.3 Å². The molecule has 2 rings (SSSR count). The molecule has 23 heavy (non-hydrogen) atoms. The highest BCUT2D eigenvalue weighted by atomic mass is 32.1. The number of aromatic nitrogens is 1. The Hall–Kier alpha value is -1.34. The van der Waals surface area contributed by atoms with E-state index in [9.17, 15) is 0 Å². The Bertz CT molecular complexity index is 562. The summed E-state index contributed by atoms with van der Waals surface area (Å²) in [6.45, 7) is 3.93. The second kappa shape index (κ2) is 11.2. The van der Waals surface area contributed by atoms with Crippen LogP contribution in [-0.2, 0) is 14.2 Å². The molecule has 0 N–H and O–H groups in total. The van der Waals surface area contributed by atoms with Gasteiger partial charge in [-0.3, -0.25) is 4.98 Å². The predicted molar refractivity (Wildman–Crippen MR) is 93.5 cm³/mol. The molecule has 0 atom stereocenters. The van der Waals surface area contributed by atoms with Crippen LogP contribution in [0.4, 0.5) is 0 Å². The molecular weight excluding hydrogens is 314 g/mol. The summed E-state index contributed by atoms with van der Waals surface area (Å²) in [5.41, 5.74) is 0.875. The van der Waals surface area contributed by atoms with Gasteiger partial charge in [-0.2, -0.15) is 12.6 Å². The van der Waals surface area contributed by atoms with Crippen LogP contribution in [0.2, 0.25) is 0 Å². The van der Waals surface area contributed by atoms with Crippen LogP contribution in [0.5, 0.6) is 5.75 Å². The lowest BCUT2D eigenvalue weighted by molar-refractivity contribution is 0.0119. The van der Waals surface area contributed by atoms with E-state index in [-0.39, 0.29) is 0 Å². The third kappa shape index (κ3) is 6.74. The smallest absolute Gasteiger partial charge is 0.145 e. The van der Waals surface area contributed by atoms with Gasteiger partial charge in [-0.15, -0.1) is 0 Å². The molecule has 0 bridgehead atoms. The van der Waals surface area contributed by atoms with Crippen LogP contribution < -0.4 is 4.74 Å². The maximum Gasteiger partial charge on any atom is 0.145 e. The zero-order valence-electron chi connectivity index (χ0n) is 13.1. The van der Waals surface area contributed by atoms with E-state index in [1.54, 1.807) is 6.20 Å². The maximum absolute atomic E-state index is 5.74. The lowest BCUT2D eigenvalue weighted by Gasteiger charge is -2.09. The van der Waals surface area contributed by atoms with Crippen molar-refractivity contribution in [2.24, 2.45) is 0 Å². The van der Waals surface area contributed by atoms with Crippen LogP contribution >= 0.6 is 12.6 Å². The minimum Gasteiger partial charge on any atom is -0.489 e. The average molecular weight is 337 g/mol. The molecule has 0 saturated carbocycles. The van der Waals surface area contributed by atoms with E-state index >= 15 is 0 Å². The number of para-hydroxylation sites is 1. The Labute approximate surface area is 142 Å². The second-order valence-electron chi connectivity index (χ2n) is 4.74. The SMILES string of the molecule is SCCOCCOCCOCCOc1cccc2cccnc12. The van der Waals surface area contributed by atoms with Gasteiger partial charge in [0.1, 0.15) is 17.9 Å². The van der Waals surface area contributed by atoms with E-state index in [0.717, 1.165) is 22.4 Å². The van der Waals surface area contributed by atoms with Gasteiger partial charge >= 0.3 is 0 Å². The quantitative estimate of drug-likeness (QED) is 0.476. The summed E-state index contributed by atoms with van der Waals surface area (Å²) in [5.74, 6) is 1.51. The van der Waals surface area contributed by atoms with Gasteiger partial charge in [0, 0.05) is 17.3 Å². The zero-order valence-corrected chi connectivity index (χ0v) is 14.0. The van der Waals surface area contributed by atoms with Gasteiger partial charge in [0.05, 0.1) is 39.6 Å². The van der Waals surface area contributed by atoms with Crippen LogP contribution in [0.3, 0.4) is 0 Å². The van der Waals surface area contributed by atoms with E-state index < -0.39 is 0 Å². The van der Waals surface area contributed by atoms with Crippen molar-refractivity contribution in [2.75, 3.05) is 52.0 Å². The average Bonchev–Trinajstić information content (AvgIpc) is 2.60. The number of rotatable bonds is 12. The first-order valence-electron chi connectivity index (χ1n) is 7.72. The summed E-state index contributed by atoms with van der Waals surface area (Å²) in [7, 11) is 0. The Morgan fingerprint density at radius 3 is 2.17 bits per heavy atom. The normalized spacial score (nSPS) is 11.0. The minimum absolute atomic E-state index is 0.487. The molecule has 2 aromatic rings. The molecule has 0 aliphatic rings. The number of pyridine rings is 1. The molecule has 0 unspecified atom stereocenters. The fraction of sp³-hybridized carbons (Fsp3) is 0.471. The van der Waals surface area contributed by atoms with E-state index in [2.05, 4.69) is 17.6 Å². The molecular formula is C17H23NO4S. The van der Waals surface area contributed by atoms with Crippen molar-refractivity contribution in [1.82, 2.24) is 4.98 Å². The van der Waals surface area contributed by atoms with Crippen molar-refractivity contribution >= 4 is 23.5 Å². The fourth-order valence-corrected chi connectivity index (χ4v) is 2.14. The number of benzene rings is 1. The van der Waals surface area contributed by atoms with Crippen LogP contribution in [0.1, 0.15) is 0 Å². The number of ether oxygens (including phenoxy) is 4. The van der Waals surface area contributed by atoms with Crippen molar-refractivity contribution in [3.63, 3.8) is 0 Å². The molecule has 0 amide bonds. The summed E-state index contributed by atoms with van der Waals surface area (Å²) in [6, 6.07) is 9.83. The van der Waals surface area contributed by atoms with E-state index in [4.69, 9.17) is 18.9 Å². The summed E-state index contributed by atoms with van der Waals surface area (Å²) in [4.78, 5) is 4.35. The first-order chi connectivity index (χ1) is 11.4. The largest absolute Gasteiger partial charge is 0.489 e. The molecule has 1 heterocycles. The summed E-state index contributed by atoms with van der Waals surface area (Å²) < 4.78 is 21.8. The molecule has 0 spiro atoms. The van der Waals surface area contributed by atoms with Crippen molar-refractivity contribution in [3.05, 3.63) is 36.5 Å². The summed E-state index contributed by atoms with van der Waals surface area (Å²) >= 11 is 4.06. The highest BCUT2D eigenvalue weighted by molar-refractivity contribution is 7.80. The minimum atomic E-state index is 0.487. The van der Waals surface area contributed by atoms with Gasteiger partial charge in [0.15, 0.2) is 0 Å². The lowest BCUT2D eigenvalue weighted by Crippen LogP contribution is -2.13. The van der Waals surface area contributed by atoms with Crippen LogP contribution in [0.25, 0.3) is 10.9 Å². The first kappa shape index (κ1) is 18.0. The summed E-state index contributed by atoms with van der Waals surface area (Å²) in [5, 5.41) is 1.07. The molecule has 1 aromatic carbocycles. The molecule has 1 aromatic heterocycles. The van der Waals surface area contributed by atoms with Crippen molar-refractivity contribution in [3.8, 4) is 5.75 Å². The summed E-state index contributed by atoms with van der Waals surface area (Å²) in [6.07, 6.45) is 1.77. The Morgan fingerprint density at radius 1 is 0.783 bits per heavy atom. The highest BCUT2D eigenvalue weighted by Gasteiger charge is 2.02. The Kier molecular flexibility index (Phi) is 8.80. The Morgan fingerprint density at radius 2 is 1.43 bits per heavy atom. The van der Waals surface area contributed by atoms with E-state index in [1.165, 1.54) is 0 Å². The first-order valence-corrected chi connectivity index (χ1v) is 8.35. The molecule has 0 aliphatic carbocycles. The molecule has 126 valence electrons. The standard InChI is InChI=1S/C17H23NO4S/c23-14-13-21-10-9-19-7-8-20-11-12-22-16-5-1-3-15-4-2-6-18-17(15)16/h1-6,23H,7-14H2. The van der Waals surface area contributed by atoms with Crippen LogP contribution in [-0.4, -0.2) is 57.0 Å². The lowest BCUT2D eigenvalue weighted by atomic mass is 10.2. The van der Waals surface area contributed by atoms with Gasteiger partial charge in [0.2, 0.25) is 0 Å². The second-order valence-corrected chi connectivity index (χ2v) is 5.19. The number of thiol groups is 1. The zero-order chi connectivity index (χ0) is 16.2. The van der Waals surface area contributed by atoms with Crippen LogP contribution in [0.15, 0.2) is 36.5 Å². The number of hydrogen-bond acceptors (Lipinski definition) is 6. The van der Waals surface area contributed by atoms with Crippen molar-refractivity contribution in [2.45, 2.75) is 0 Å². The fourth-order valence-electron chi connectivity index (χ4n) is 2.01. The number of nitrogens with zero attached hydrogens (tertiary/aromatic N) is 1. The predicted octanol–water partition coefficient (Wildman–Crippen LogP) is 2.59. The van der Waals surface area contributed by atoms with E-state index in [0.29, 0.717) is 46.2 Å². The van der Waals surface area contributed by atoms with Crippen molar-refractivity contribution in [1.29, 1.82) is 0 Å². The molecule has 0 aliphatic heterocycles. The molecule has 0 radical (unpaired) electrons. The van der Waals surface area contributed by atoms with Gasteiger partial charge in [-0.25, -0.2) is 0 Å². The number of hydrogen-bond donors (Lipinski definition) is 1. The van der Waals surface area contributed by atoms with Crippen molar-refractivity contribution < 1.29 is 18.9 Å². The number of fused-ring (bicyclic) bond motifs is 1. The van der Waals surface area contributed by atoms with Gasteiger partial charge in [0.25, 0.3) is 0 Å². The monoisotopic (exact) mass is 337 g/mol. The molecule has 0 saturated heterocycles. The third-order valence-electron chi connectivity index (χ3n) is 3.06. The van der Waals surface area contributed by atoms with Crippen LogP contribution in [0, 0.1) is 0 Å². The Balaban J connectivity index is 1.54. The third-order valence-corrected chi connectivity index (χ3v) is 3.24. The van der Waals surface area contributed by atoms with Gasteiger partial charge < -0.3 is 18.9 Å². The highest BCUT2D eigenvalue weighted by Crippen LogP contribution is 2.22. The van der Waals surface area contributed by atoms with Gasteiger partial charge in [-0.05, 0) is 12.1 Å². The molecule has 6 heteroatoms.